The van der Waals surface area contributed by atoms with Crippen molar-refractivity contribution in [2.45, 2.75) is 39.2 Å². The summed E-state index contributed by atoms with van der Waals surface area (Å²) in [6.45, 7) is 3.54. The molecule has 0 amide bonds. The summed E-state index contributed by atoms with van der Waals surface area (Å²) >= 11 is 0. The van der Waals surface area contributed by atoms with E-state index in [-0.39, 0.29) is 24.0 Å². The Labute approximate surface area is 119 Å². The van der Waals surface area contributed by atoms with Crippen LogP contribution in [0, 0.1) is 0 Å². The van der Waals surface area contributed by atoms with E-state index < -0.39 is 0 Å². The molecule has 0 saturated carbocycles. The van der Waals surface area contributed by atoms with Crippen molar-refractivity contribution in [3.05, 3.63) is 18.0 Å². The Morgan fingerprint density at radius 2 is 2.29 bits per heavy atom. The molecule has 0 radical (unpaired) electrons. The van der Waals surface area contributed by atoms with Gasteiger partial charge in [-0.05, 0) is 6.42 Å². The Bertz CT molecular complexity index is 300. The van der Waals surface area contributed by atoms with Gasteiger partial charge in [-0.3, -0.25) is 0 Å². The van der Waals surface area contributed by atoms with Crippen LogP contribution in [-0.2, 0) is 6.54 Å². The Morgan fingerprint density at radius 1 is 1.47 bits per heavy atom. The van der Waals surface area contributed by atoms with Crippen LogP contribution >= 0.6 is 24.0 Å². The van der Waals surface area contributed by atoms with Crippen LogP contribution in [0.5, 0.6) is 0 Å². The average Bonchev–Trinajstić information content (AvgIpc) is 2.79. The van der Waals surface area contributed by atoms with Crippen LogP contribution in [0.25, 0.3) is 0 Å². The van der Waals surface area contributed by atoms with Crippen LogP contribution in [0.4, 0.5) is 0 Å². The van der Waals surface area contributed by atoms with E-state index in [1.807, 2.05) is 0 Å². The van der Waals surface area contributed by atoms with Crippen molar-refractivity contribution in [1.82, 2.24) is 10.5 Å². The number of aliphatic imine (C=N–C) groups is 1. The first-order valence-corrected chi connectivity index (χ1v) is 5.76. The summed E-state index contributed by atoms with van der Waals surface area (Å²) in [5.41, 5.74) is 6.47. The van der Waals surface area contributed by atoms with E-state index >= 15 is 0 Å². The quantitative estimate of drug-likeness (QED) is 0.342. The molecule has 0 unspecified atom stereocenters. The number of guanidine groups is 1. The van der Waals surface area contributed by atoms with E-state index in [9.17, 15) is 0 Å². The predicted molar refractivity (Wildman–Crippen MR) is 79.4 cm³/mol. The van der Waals surface area contributed by atoms with Crippen molar-refractivity contribution in [3.63, 3.8) is 0 Å². The molecule has 0 atom stereocenters. The van der Waals surface area contributed by atoms with Crippen LogP contribution in [-0.4, -0.2) is 17.7 Å². The zero-order valence-corrected chi connectivity index (χ0v) is 12.5. The number of nitrogens with zero attached hydrogens (tertiary/aromatic N) is 2. The smallest absolute Gasteiger partial charge is 0.188 e. The third-order valence-electron chi connectivity index (χ3n) is 2.24. The van der Waals surface area contributed by atoms with Gasteiger partial charge in [0.1, 0.15) is 12.0 Å². The van der Waals surface area contributed by atoms with Gasteiger partial charge in [0.05, 0.1) is 6.54 Å². The number of rotatable bonds is 7. The second kappa shape index (κ2) is 10.4. The Morgan fingerprint density at radius 3 is 2.94 bits per heavy atom. The van der Waals surface area contributed by atoms with Gasteiger partial charge in [-0.25, -0.2) is 4.99 Å². The maximum absolute atomic E-state index is 5.69. The van der Waals surface area contributed by atoms with Crippen LogP contribution < -0.4 is 11.1 Å². The molecule has 0 aliphatic rings. The number of nitrogens with two attached hydrogens (primary N) is 1. The van der Waals surface area contributed by atoms with Crippen LogP contribution in [0.15, 0.2) is 21.8 Å². The van der Waals surface area contributed by atoms with Crippen molar-refractivity contribution in [1.29, 1.82) is 0 Å². The number of unbranched alkanes of at least 4 members (excludes halogenated alkanes) is 3. The number of aromatic nitrogens is 1. The molecule has 0 bridgehead atoms. The molecule has 3 N–H and O–H groups in total. The largest absolute Gasteiger partial charge is 0.370 e. The summed E-state index contributed by atoms with van der Waals surface area (Å²) in [5.74, 6) is 0.472. The van der Waals surface area contributed by atoms with Gasteiger partial charge in [0.2, 0.25) is 0 Å². The molecule has 1 rings (SSSR count). The molecule has 1 heterocycles. The topological polar surface area (TPSA) is 76.4 Å². The third kappa shape index (κ3) is 8.00. The first-order valence-electron chi connectivity index (χ1n) is 5.76. The lowest BCUT2D eigenvalue weighted by molar-refractivity contribution is 0.412. The predicted octanol–water partition coefficient (Wildman–Crippen LogP) is 2.28. The minimum absolute atomic E-state index is 0. The van der Waals surface area contributed by atoms with E-state index in [4.69, 9.17) is 10.3 Å². The first-order chi connectivity index (χ1) is 7.83. The van der Waals surface area contributed by atoms with Gasteiger partial charge in [0.15, 0.2) is 5.96 Å². The summed E-state index contributed by atoms with van der Waals surface area (Å²) in [4.78, 5) is 4.15. The second-order valence-electron chi connectivity index (χ2n) is 3.68. The fraction of sp³-hybridized carbons (Fsp3) is 0.636. The fourth-order valence-electron chi connectivity index (χ4n) is 1.31. The standard InChI is InChI=1S/C11H20N4O.HI/c1-2-3-4-5-7-13-11(12)14-9-10-6-8-16-15-10;/h6,8H,2-5,7,9H2,1H3,(H3,12,13,14);1H. The minimum Gasteiger partial charge on any atom is -0.370 e. The highest BCUT2D eigenvalue weighted by Crippen LogP contribution is 1.97. The van der Waals surface area contributed by atoms with Crippen molar-refractivity contribution < 1.29 is 4.52 Å². The van der Waals surface area contributed by atoms with Crippen molar-refractivity contribution in [3.8, 4) is 0 Å². The highest BCUT2D eigenvalue weighted by atomic mass is 127. The van der Waals surface area contributed by atoms with E-state index in [1.54, 1.807) is 6.07 Å². The highest BCUT2D eigenvalue weighted by Gasteiger charge is 1.95. The molecule has 0 aliphatic heterocycles. The fourth-order valence-corrected chi connectivity index (χ4v) is 1.31. The number of halogens is 1. The van der Waals surface area contributed by atoms with Gasteiger partial charge >= 0.3 is 0 Å². The zero-order valence-electron chi connectivity index (χ0n) is 10.2. The zero-order chi connectivity index (χ0) is 11.6. The molecule has 1 aromatic heterocycles. The van der Waals surface area contributed by atoms with Gasteiger partial charge < -0.3 is 15.6 Å². The molecule has 5 nitrogen and oxygen atoms in total. The van der Waals surface area contributed by atoms with Gasteiger partial charge in [-0.15, -0.1) is 24.0 Å². The average molecular weight is 352 g/mol. The molecular formula is C11H21IN4O. The maximum atomic E-state index is 5.69. The van der Waals surface area contributed by atoms with Crippen molar-refractivity contribution >= 4 is 29.9 Å². The van der Waals surface area contributed by atoms with Crippen LogP contribution in [0.1, 0.15) is 38.3 Å². The summed E-state index contributed by atoms with van der Waals surface area (Å²) in [6.07, 6.45) is 6.42. The van der Waals surface area contributed by atoms with E-state index in [0.717, 1.165) is 18.7 Å². The molecule has 0 aliphatic carbocycles. The first kappa shape index (κ1) is 16.2. The van der Waals surface area contributed by atoms with Crippen LogP contribution in [0.2, 0.25) is 0 Å². The lowest BCUT2D eigenvalue weighted by Crippen LogP contribution is -2.32. The monoisotopic (exact) mass is 352 g/mol. The Hall–Kier alpha value is -0.790. The summed E-state index contributed by atoms with van der Waals surface area (Å²) in [5, 5.41) is 6.82. The molecule has 98 valence electrons. The molecule has 0 aromatic carbocycles. The lowest BCUT2D eigenvalue weighted by Gasteiger charge is -2.04. The Balaban J connectivity index is 0.00000256. The van der Waals surface area contributed by atoms with E-state index in [2.05, 4.69) is 22.4 Å². The highest BCUT2D eigenvalue weighted by molar-refractivity contribution is 14.0. The van der Waals surface area contributed by atoms with Gasteiger partial charge in [0, 0.05) is 12.6 Å². The maximum Gasteiger partial charge on any atom is 0.188 e. The van der Waals surface area contributed by atoms with Gasteiger partial charge in [-0.1, -0.05) is 31.3 Å². The van der Waals surface area contributed by atoms with Crippen LogP contribution in [0.3, 0.4) is 0 Å². The molecule has 17 heavy (non-hydrogen) atoms. The number of hydrogen-bond donors (Lipinski definition) is 2. The van der Waals surface area contributed by atoms with Crippen molar-refractivity contribution in [2.24, 2.45) is 10.7 Å². The van der Waals surface area contributed by atoms with E-state index in [0.29, 0.717) is 12.5 Å². The summed E-state index contributed by atoms with van der Waals surface area (Å²) in [6, 6.07) is 1.78. The van der Waals surface area contributed by atoms with Crippen molar-refractivity contribution in [2.75, 3.05) is 6.54 Å². The molecule has 0 saturated heterocycles. The molecule has 0 fully saturated rings. The van der Waals surface area contributed by atoms with E-state index in [1.165, 1.54) is 25.5 Å². The molecule has 1 aromatic rings. The summed E-state index contributed by atoms with van der Waals surface area (Å²) in [7, 11) is 0. The molecule has 6 heteroatoms. The Kier molecular flexibility index (Phi) is 9.89. The van der Waals surface area contributed by atoms with Gasteiger partial charge in [0.25, 0.3) is 0 Å². The number of hydrogen-bond acceptors (Lipinski definition) is 3. The SMILES string of the molecule is CCCCCCNC(N)=NCc1ccon1.I. The molecular weight excluding hydrogens is 331 g/mol. The molecule has 0 spiro atoms. The normalized spacial score (nSPS) is 11.0. The summed E-state index contributed by atoms with van der Waals surface area (Å²) < 4.78 is 4.69. The third-order valence-corrected chi connectivity index (χ3v) is 2.24. The number of nitrogens with one attached hydrogen (secondary N) is 1. The van der Waals surface area contributed by atoms with Gasteiger partial charge in [-0.2, -0.15) is 0 Å². The lowest BCUT2D eigenvalue weighted by atomic mass is 10.2. The minimum atomic E-state index is 0. The second-order valence-corrected chi connectivity index (χ2v) is 3.68.